The van der Waals surface area contributed by atoms with Gasteiger partial charge in [-0.2, -0.15) is 0 Å². The second-order valence-electron chi connectivity index (χ2n) is 6.13. The molecule has 0 radical (unpaired) electrons. The van der Waals surface area contributed by atoms with Crippen molar-refractivity contribution in [2.45, 2.75) is 17.7 Å². The Morgan fingerprint density at radius 3 is 2.54 bits per heavy atom. The molecule has 2 aliphatic rings. The lowest BCUT2D eigenvalue weighted by Gasteiger charge is -2.43. The second kappa shape index (κ2) is 7.03. The Balaban J connectivity index is 1.72. The van der Waals surface area contributed by atoms with Crippen molar-refractivity contribution >= 4 is 22.6 Å². The van der Waals surface area contributed by atoms with E-state index in [4.69, 9.17) is 4.74 Å². The molecule has 2 amide bonds. The number of ether oxygens (including phenoxy) is 1. The fraction of sp³-hybridized carbons (Fsp3) is 0.529. The Morgan fingerprint density at radius 2 is 1.92 bits per heavy atom. The van der Waals surface area contributed by atoms with E-state index in [0.29, 0.717) is 44.6 Å². The highest BCUT2D eigenvalue weighted by Crippen LogP contribution is 2.37. The van der Waals surface area contributed by atoms with Crippen molar-refractivity contribution in [3.05, 3.63) is 35.9 Å². The Kier molecular flexibility index (Phi) is 5.01. The van der Waals surface area contributed by atoms with Crippen LogP contribution < -0.4 is 0 Å². The molecule has 6 nitrogen and oxygen atoms in total. The smallest absolute Gasteiger partial charge is 0.253 e. The van der Waals surface area contributed by atoms with Gasteiger partial charge in [0, 0.05) is 45.1 Å². The molecule has 2 fully saturated rings. The first kappa shape index (κ1) is 17.1. The number of likely N-dealkylation sites (tertiary alicyclic amines) is 1. The average molecular weight is 350 g/mol. The van der Waals surface area contributed by atoms with E-state index < -0.39 is 15.7 Å². The van der Waals surface area contributed by atoms with Crippen LogP contribution in [0, 0.1) is 0 Å². The van der Waals surface area contributed by atoms with Gasteiger partial charge in [-0.1, -0.05) is 18.2 Å². The minimum absolute atomic E-state index is 0.0102. The van der Waals surface area contributed by atoms with Gasteiger partial charge < -0.3 is 14.5 Å². The van der Waals surface area contributed by atoms with Gasteiger partial charge in [-0.25, -0.2) is 0 Å². The Bertz CT molecular complexity index is 641. The molecule has 0 bridgehead atoms. The van der Waals surface area contributed by atoms with Gasteiger partial charge in [0.1, 0.15) is 10.6 Å². The number of hydrogen-bond acceptors (Lipinski definition) is 4. The van der Waals surface area contributed by atoms with Crippen molar-refractivity contribution in [2.24, 2.45) is 0 Å². The number of hydrogen-bond donors (Lipinski definition) is 0. The van der Waals surface area contributed by atoms with Crippen LogP contribution in [-0.4, -0.2) is 69.8 Å². The molecule has 0 N–H and O–H groups in total. The SMILES string of the molecule is COCCN1C(=O)CS(=O)C12CCN(C(=O)c1ccccc1)CC2. The van der Waals surface area contributed by atoms with Gasteiger partial charge in [0.05, 0.1) is 17.4 Å². The summed E-state index contributed by atoms with van der Waals surface area (Å²) in [6.45, 7) is 1.90. The van der Waals surface area contributed by atoms with Crippen LogP contribution in [0.25, 0.3) is 0 Å². The first-order valence-corrected chi connectivity index (χ1v) is 9.42. The number of carbonyl (C=O) groups is 2. The molecule has 3 rings (SSSR count). The number of methoxy groups -OCH3 is 1. The third-order valence-corrected chi connectivity index (χ3v) is 6.83. The predicted octanol–water partition coefficient (Wildman–Crippen LogP) is 0.856. The minimum Gasteiger partial charge on any atom is -0.383 e. The molecule has 1 aromatic carbocycles. The zero-order valence-corrected chi connectivity index (χ0v) is 14.6. The molecule has 24 heavy (non-hydrogen) atoms. The van der Waals surface area contributed by atoms with Crippen molar-refractivity contribution in [3.63, 3.8) is 0 Å². The monoisotopic (exact) mass is 350 g/mol. The Labute approximate surface area is 144 Å². The zero-order chi connectivity index (χ0) is 17.2. The number of carbonyl (C=O) groups excluding carboxylic acids is 2. The topological polar surface area (TPSA) is 66.9 Å². The van der Waals surface area contributed by atoms with Gasteiger partial charge in [0.15, 0.2) is 0 Å². The first-order chi connectivity index (χ1) is 11.6. The van der Waals surface area contributed by atoms with Crippen LogP contribution in [0.15, 0.2) is 30.3 Å². The summed E-state index contributed by atoms with van der Waals surface area (Å²) in [7, 11) is 0.367. The lowest BCUT2D eigenvalue weighted by Crippen LogP contribution is -2.56. The summed E-state index contributed by atoms with van der Waals surface area (Å²) >= 11 is 0. The van der Waals surface area contributed by atoms with E-state index in [0.717, 1.165) is 0 Å². The Morgan fingerprint density at radius 1 is 1.25 bits per heavy atom. The lowest BCUT2D eigenvalue weighted by atomic mass is 10.0. The van der Waals surface area contributed by atoms with E-state index in [-0.39, 0.29) is 17.6 Å². The van der Waals surface area contributed by atoms with E-state index in [1.54, 1.807) is 29.0 Å². The molecule has 1 spiro atoms. The molecule has 2 saturated heterocycles. The van der Waals surface area contributed by atoms with Gasteiger partial charge >= 0.3 is 0 Å². The Hall–Kier alpha value is -1.73. The van der Waals surface area contributed by atoms with E-state index in [2.05, 4.69) is 0 Å². The summed E-state index contributed by atoms with van der Waals surface area (Å²) in [5.41, 5.74) is 0.660. The highest BCUT2D eigenvalue weighted by atomic mass is 32.2. The average Bonchev–Trinajstić information content (AvgIpc) is 2.84. The van der Waals surface area contributed by atoms with Gasteiger partial charge in [-0.3, -0.25) is 13.8 Å². The largest absolute Gasteiger partial charge is 0.383 e. The molecule has 130 valence electrons. The standard InChI is InChI=1S/C17H22N2O4S/c1-23-12-11-19-15(20)13-24(22)17(19)7-9-18(10-8-17)16(21)14-5-3-2-4-6-14/h2-6H,7-13H2,1H3. The van der Waals surface area contributed by atoms with Crippen LogP contribution in [-0.2, 0) is 20.3 Å². The van der Waals surface area contributed by atoms with Crippen LogP contribution in [0.5, 0.6) is 0 Å². The van der Waals surface area contributed by atoms with Crippen molar-refractivity contribution in [1.29, 1.82) is 0 Å². The van der Waals surface area contributed by atoms with Crippen LogP contribution in [0.2, 0.25) is 0 Å². The van der Waals surface area contributed by atoms with Crippen molar-refractivity contribution in [3.8, 4) is 0 Å². The van der Waals surface area contributed by atoms with Gasteiger partial charge in [0.25, 0.3) is 5.91 Å². The van der Waals surface area contributed by atoms with E-state index in [9.17, 15) is 13.8 Å². The fourth-order valence-electron chi connectivity index (χ4n) is 3.51. The van der Waals surface area contributed by atoms with Gasteiger partial charge in [-0.15, -0.1) is 0 Å². The number of rotatable bonds is 4. The van der Waals surface area contributed by atoms with Crippen LogP contribution in [0.3, 0.4) is 0 Å². The number of piperidine rings is 1. The molecule has 0 saturated carbocycles. The van der Waals surface area contributed by atoms with Gasteiger partial charge in [0.2, 0.25) is 5.91 Å². The van der Waals surface area contributed by atoms with Crippen LogP contribution in [0.1, 0.15) is 23.2 Å². The number of nitrogens with zero attached hydrogens (tertiary/aromatic N) is 2. The van der Waals surface area contributed by atoms with Crippen LogP contribution >= 0.6 is 0 Å². The van der Waals surface area contributed by atoms with Crippen molar-refractivity contribution in [2.75, 3.05) is 39.1 Å². The second-order valence-corrected chi connectivity index (χ2v) is 7.87. The summed E-state index contributed by atoms with van der Waals surface area (Å²) < 4.78 is 17.7. The summed E-state index contributed by atoms with van der Waals surface area (Å²) in [5.74, 6) is -0.00620. The normalized spacial score (nSPS) is 23.0. The maximum Gasteiger partial charge on any atom is 0.253 e. The van der Waals surface area contributed by atoms with Gasteiger partial charge in [-0.05, 0) is 12.1 Å². The molecule has 2 heterocycles. The third-order valence-electron chi connectivity index (χ3n) is 4.84. The first-order valence-electron chi connectivity index (χ1n) is 8.11. The summed E-state index contributed by atoms with van der Waals surface area (Å²) in [5, 5.41) is 0. The summed E-state index contributed by atoms with van der Waals surface area (Å²) in [6.07, 6.45) is 1.10. The molecule has 0 aliphatic carbocycles. The highest BCUT2D eigenvalue weighted by Gasteiger charge is 2.52. The van der Waals surface area contributed by atoms with Crippen molar-refractivity contribution in [1.82, 2.24) is 9.80 Å². The highest BCUT2D eigenvalue weighted by molar-refractivity contribution is 7.87. The maximum absolute atomic E-state index is 12.6. The number of amides is 2. The maximum atomic E-state index is 12.6. The predicted molar refractivity (Wildman–Crippen MR) is 90.9 cm³/mol. The van der Waals surface area contributed by atoms with E-state index >= 15 is 0 Å². The molecule has 0 aromatic heterocycles. The van der Waals surface area contributed by atoms with Crippen molar-refractivity contribution < 1.29 is 18.5 Å². The summed E-state index contributed by atoms with van der Waals surface area (Å²) in [6, 6.07) is 9.17. The lowest BCUT2D eigenvalue weighted by molar-refractivity contribution is -0.131. The fourth-order valence-corrected chi connectivity index (χ4v) is 5.23. The third kappa shape index (κ3) is 2.98. The zero-order valence-electron chi connectivity index (χ0n) is 13.8. The molecule has 1 atom stereocenters. The molecular formula is C17H22N2O4S. The van der Waals surface area contributed by atoms with E-state index in [1.807, 2.05) is 18.2 Å². The molecule has 1 aromatic rings. The molecule has 2 aliphatic heterocycles. The molecule has 7 heteroatoms. The van der Waals surface area contributed by atoms with E-state index in [1.165, 1.54) is 0 Å². The quantitative estimate of drug-likeness (QED) is 0.808. The number of benzene rings is 1. The van der Waals surface area contributed by atoms with Crippen LogP contribution in [0.4, 0.5) is 0 Å². The molecule has 1 unspecified atom stereocenters. The summed E-state index contributed by atoms with van der Waals surface area (Å²) in [4.78, 5) is 27.6. The molecular weight excluding hydrogens is 328 g/mol. The minimum atomic E-state index is -1.22.